The van der Waals surface area contributed by atoms with Crippen molar-refractivity contribution in [3.63, 3.8) is 0 Å². The molecule has 0 radical (unpaired) electrons. The minimum atomic E-state index is 0.406. The Hall–Kier alpha value is -4.03. The van der Waals surface area contributed by atoms with Crippen molar-refractivity contribution in [2.75, 3.05) is 12.4 Å². The Kier molecular flexibility index (Phi) is 7.12. The first-order chi connectivity index (χ1) is 19.1. The third kappa shape index (κ3) is 5.57. The van der Waals surface area contributed by atoms with E-state index in [0.29, 0.717) is 18.7 Å². The molecule has 0 aliphatic heterocycles. The van der Waals surface area contributed by atoms with Crippen molar-refractivity contribution < 1.29 is 9.47 Å². The molecule has 6 nitrogen and oxygen atoms in total. The van der Waals surface area contributed by atoms with E-state index in [4.69, 9.17) is 14.5 Å². The molecule has 1 aliphatic rings. The minimum absolute atomic E-state index is 0.406. The van der Waals surface area contributed by atoms with Gasteiger partial charge in [-0.05, 0) is 79.3 Å². The average molecular weight is 521 g/mol. The van der Waals surface area contributed by atoms with Crippen molar-refractivity contribution in [3.05, 3.63) is 95.7 Å². The van der Waals surface area contributed by atoms with Crippen LogP contribution in [0.1, 0.15) is 36.0 Å². The summed E-state index contributed by atoms with van der Waals surface area (Å²) in [6.07, 6.45) is 5.59. The van der Waals surface area contributed by atoms with Gasteiger partial charge in [0.25, 0.3) is 0 Å². The summed E-state index contributed by atoms with van der Waals surface area (Å²) in [5.41, 5.74) is 5.88. The highest BCUT2D eigenvalue weighted by Crippen LogP contribution is 2.29. The van der Waals surface area contributed by atoms with Gasteiger partial charge in [0.15, 0.2) is 0 Å². The molecule has 6 heteroatoms. The molecule has 39 heavy (non-hydrogen) atoms. The maximum atomic E-state index is 6.11. The molecule has 0 bridgehead atoms. The van der Waals surface area contributed by atoms with E-state index in [1.54, 1.807) is 7.11 Å². The summed E-state index contributed by atoms with van der Waals surface area (Å²) in [6, 6.07) is 25.8. The summed E-state index contributed by atoms with van der Waals surface area (Å²) in [7, 11) is 3.80. The topological polar surface area (TPSA) is 60.3 Å². The molecule has 1 fully saturated rings. The van der Waals surface area contributed by atoms with Crippen LogP contribution in [0.25, 0.3) is 21.8 Å². The van der Waals surface area contributed by atoms with Gasteiger partial charge in [-0.2, -0.15) is 0 Å². The van der Waals surface area contributed by atoms with E-state index in [9.17, 15) is 0 Å². The summed E-state index contributed by atoms with van der Waals surface area (Å²) in [6.45, 7) is 3.55. The molecular weight excluding hydrogens is 484 g/mol. The van der Waals surface area contributed by atoms with Crippen molar-refractivity contribution >= 4 is 27.6 Å². The van der Waals surface area contributed by atoms with Crippen molar-refractivity contribution in [2.24, 2.45) is 7.05 Å². The molecular formula is C33H36N4O2. The number of hydrogen-bond donors (Lipinski definition) is 2. The van der Waals surface area contributed by atoms with E-state index in [0.717, 1.165) is 54.0 Å². The number of ether oxygens (including phenoxy) is 2. The van der Waals surface area contributed by atoms with Crippen LogP contribution >= 0.6 is 0 Å². The van der Waals surface area contributed by atoms with E-state index in [1.165, 1.54) is 27.6 Å². The second-order valence-corrected chi connectivity index (χ2v) is 10.7. The Morgan fingerprint density at radius 1 is 0.923 bits per heavy atom. The van der Waals surface area contributed by atoms with Gasteiger partial charge in [-0.3, -0.25) is 0 Å². The molecule has 200 valence electrons. The number of methoxy groups -OCH3 is 1. The van der Waals surface area contributed by atoms with E-state index >= 15 is 0 Å². The lowest BCUT2D eigenvalue weighted by molar-refractivity contribution is 0.306. The number of nitrogens with zero attached hydrogens (tertiary/aromatic N) is 2. The third-order valence-electron chi connectivity index (χ3n) is 7.88. The van der Waals surface area contributed by atoms with Crippen LogP contribution in [0.3, 0.4) is 0 Å². The minimum Gasteiger partial charge on any atom is -0.497 e. The number of anilines is 1. The zero-order valence-electron chi connectivity index (χ0n) is 22.9. The second kappa shape index (κ2) is 11.0. The number of fused-ring (bicyclic) bond motifs is 2. The summed E-state index contributed by atoms with van der Waals surface area (Å²) in [5, 5.41) is 9.92. The van der Waals surface area contributed by atoms with Crippen LogP contribution in [-0.2, 0) is 20.2 Å². The standard InChI is InChI=1S/C33H36N4O2/c1-22-15-33(36-31-18-27(38-3)11-13-29(22)31)35-26-10-9-25(16-26)34-19-24-20-37(2)32-14-12-28(17-30(24)32)39-21-23-7-5-4-6-8-23/h4-8,11-15,17-18,20,25-26,34H,9-10,16,19,21H2,1-3H3,(H,35,36)/t25-,26-/m0/s1. The van der Waals surface area contributed by atoms with Gasteiger partial charge in [-0.1, -0.05) is 30.3 Å². The Morgan fingerprint density at radius 3 is 2.59 bits per heavy atom. The highest BCUT2D eigenvalue weighted by Gasteiger charge is 2.25. The quantitative estimate of drug-likeness (QED) is 0.225. The molecule has 0 spiro atoms. The molecule has 2 atom stereocenters. The zero-order chi connectivity index (χ0) is 26.8. The maximum absolute atomic E-state index is 6.11. The highest BCUT2D eigenvalue weighted by atomic mass is 16.5. The number of aryl methyl sites for hydroxylation is 2. The van der Waals surface area contributed by atoms with E-state index < -0.39 is 0 Å². The lowest BCUT2D eigenvalue weighted by Crippen LogP contribution is -2.27. The monoisotopic (exact) mass is 520 g/mol. The lowest BCUT2D eigenvalue weighted by atomic mass is 10.1. The lowest BCUT2D eigenvalue weighted by Gasteiger charge is -2.16. The van der Waals surface area contributed by atoms with Gasteiger partial charge in [-0.15, -0.1) is 0 Å². The summed E-state index contributed by atoms with van der Waals surface area (Å²) < 4.78 is 13.7. The third-order valence-corrected chi connectivity index (χ3v) is 7.88. The summed E-state index contributed by atoms with van der Waals surface area (Å²) in [5.74, 6) is 2.68. The first kappa shape index (κ1) is 25.3. The molecule has 1 saturated carbocycles. The number of rotatable bonds is 9. The summed E-state index contributed by atoms with van der Waals surface area (Å²) >= 11 is 0. The fourth-order valence-corrected chi connectivity index (χ4v) is 5.77. The van der Waals surface area contributed by atoms with E-state index in [2.05, 4.69) is 77.8 Å². The van der Waals surface area contributed by atoms with Gasteiger partial charge in [0.2, 0.25) is 0 Å². The van der Waals surface area contributed by atoms with Gasteiger partial charge in [-0.25, -0.2) is 4.98 Å². The van der Waals surface area contributed by atoms with E-state index in [1.807, 2.05) is 30.3 Å². The first-order valence-electron chi connectivity index (χ1n) is 13.8. The molecule has 1 aliphatic carbocycles. The van der Waals surface area contributed by atoms with E-state index in [-0.39, 0.29) is 0 Å². The Balaban J connectivity index is 1.09. The van der Waals surface area contributed by atoms with Crippen molar-refractivity contribution in [3.8, 4) is 11.5 Å². The fraction of sp³-hybridized carbons (Fsp3) is 0.303. The van der Waals surface area contributed by atoms with Crippen LogP contribution in [0.4, 0.5) is 5.82 Å². The Morgan fingerprint density at radius 2 is 1.74 bits per heavy atom. The maximum Gasteiger partial charge on any atom is 0.127 e. The van der Waals surface area contributed by atoms with Gasteiger partial charge in [0.05, 0.1) is 12.6 Å². The van der Waals surface area contributed by atoms with Crippen LogP contribution < -0.4 is 20.1 Å². The number of pyridine rings is 1. The number of aromatic nitrogens is 2. The van der Waals surface area contributed by atoms with Crippen molar-refractivity contribution in [1.29, 1.82) is 0 Å². The van der Waals surface area contributed by atoms with Crippen LogP contribution in [0, 0.1) is 6.92 Å². The number of hydrogen-bond acceptors (Lipinski definition) is 5. The largest absolute Gasteiger partial charge is 0.497 e. The second-order valence-electron chi connectivity index (χ2n) is 10.7. The van der Waals surface area contributed by atoms with Crippen LogP contribution in [-0.4, -0.2) is 28.7 Å². The summed E-state index contributed by atoms with van der Waals surface area (Å²) in [4.78, 5) is 4.88. The molecule has 0 amide bonds. The molecule has 2 aromatic heterocycles. The Bertz CT molecular complexity index is 1590. The van der Waals surface area contributed by atoms with Crippen LogP contribution in [0.2, 0.25) is 0 Å². The molecule has 0 saturated heterocycles. The first-order valence-corrected chi connectivity index (χ1v) is 13.8. The van der Waals surface area contributed by atoms with Crippen LogP contribution in [0.15, 0.2) is 79.0 Å². The average Bonchev–Trinajstić information content (AvgIpc) is 3.54. The molecule has 6 rings (SSSR count). The van der Waals surface area contributed by atoms with Gasteiger partial charge >= 0.3 is 0 Å². The molecule has 3 aromatic carbocycles. The van der Waals surface area contributed by atoms with Gasteiger partial charge in [0.1, 0.15) is 23.9 Å². The SMILES string of the molecule is COc1ccc2c(C)cc(N[C@H]3CC[C@H](NCc4cn(C)c5ccc(OCc6ccccc6)cc45)C3)nc2c1. The fourth-order valence-electron chi connectivity index (χ4n) is 5.77. The van der Waals surface area contributed by atoms with Crippen LogP contribution in [0.5, 0.6) is 11.5 Å². The number of nitrogens with one attached hydrogen (secondary N) is 2. The van der Waals surface area contributed by atoms with Gasteiger partial charge in [0, 0.05) is 54.2 Å². The highest BCUT2D eigenvalue weighted by molar-refractivity contribution is 5.86. The smallest absolute Gasteiger partial charge is 0.127 e. The van der Waals surface area contributed by atoms with Gasteiger partial charge < -0.3 is 24.7 Å². The van der Waals surface area contributed by atoms with Crippen molar-refractivity contribution in [1.82, 2.24) is 14.9 Å². The molecule has 2 N–H and O–H groups in total. The van der Waals surface area contributed by atoms with Crippen molar-refractivity contribution in [2.45, 2.75) is 51.4 Å². The predicted molar refractivity (Wildman–Crippen MR) is 159 cm³/mol. The normalized spacial score (nSPS) is 17.1. The Labute approximate surface area is 230 Å². The predicted octanol–water partition coefficient (Wildman–Crippen LogP) is 6.75. The molecule has 5 aromatic rings. The number of benzene rings is 3. The zero-order valence-corrected chi connectivity index (χ0v) is 22.9. The molecule has 0 unspecified atom stereocenters. The molecule has 2 heterocycles.